The van der Waals surface area contributed by atoms with Gasteiger partial charge in [0.2, 0.25) is 5.88 Å². The van der Waals surface area contributed by atoms with Gasteiger partial charge in [-0.3, -0.25) is 0 Å². The number of pyridine rings is 1. The predicted octanol–water partition coefficient (Wildman–Crippen LogP) is 2.92. The van der Waals surface area contributed by atoms with E-state index in [-0.39, 0.29) is 6.04 Å². The zero-order valence-corrected chi connectivity index (χ0v) is 12.9. The highest BCUT2D eigenvalue weighted by Gasteiger charge is 2.18. The quantitative estimate of drug-likeness (QED) is 0.886. The van der Waals surface area contributed by atoms with E-state index in [0.717, 1.165) is 12.1 Å². The molecule has 0 saturated carbocycles. The molecule has 0 saturated heterocycles. The van der Waals surface area contributed by atoms with Gasteiger partial charge in [0.25, 0.3) is 0 Å². The third-order valence-electron chi connectivity index (χ3n) is 3.66. The number of nitrogens with two attached hydrogens (primary N) is 1. The minimum Gasteiger partial charge on any atom is -0.481 e. The lowest BCUT2D eigenvalue weighted by Gasteiger charge is -2.32. The van der Waals surface area contributed by atoms with Crippen molar-refractivity contribution in [1.29, 1.82) is 0 Å². The third kappa shape index (κ3) is 3.52. The normalized spacial score (nSPS) is 12.0. The van der Waals surface area contributed by atoms with E-state index in [1.165, 1.54) is 11.3 Å². The predicted molar refractivity (Wildman–Crippen MR) is 86.8 cm³/mol. The van der Waals surface area contributed by atoms with Crippen LogP contribution in [0.4, 0.5) is 5.69 Å². The highest BCUT2D eigenvalue weighted by molar-refractivity contribution is 5.50. The molecule has 4 nitrogen and oxygen atoms in total. The second kappa shape index (κ2) is 7.09. The molecule has 0 aliphatic heterocycles. The Labute approximate surface area is 126 Å². The first kappa shape index (κ1) is 15.3. The summed E-state index contributed by atoms with van der Waals surface area (Å²) in [7, 11) is 1.62. The van der Waals surface area contributed by atoms with Gasteiger partial charge < -0.3 is 15.4 Å². The lowest BCUT2D eigenvalue weighted by molar-refractivity contribution is 0.397. The fourth-order valence-corrected chi connectivity index (χ4v) is 2.47. The van der Waals surface area contributed by atoms with E-state index >= 15 is 0 Å². The van der Waals surface area contributed by atoms with Gasteiger partial charge in [0.05, 0.1) is 13.2 Å². The SMILES string of the molecule is CCN(c1ccc(C)cc1)C(CN)c1ccc(OC)nc1. The van der Waals surface area contributed by atoms with Crippen LogP contribution in [0.3, 0.4) is 0 Å². The molecular weight excluding hydrogens is 262 g/mol. The summed E-state index contributed by atoms with van der Waals surface area (Å²) < 4.78 is 5.11. The number of likely N-dealkylation sites (N-methyl/N-ethyl adjacent to an activating group) is 1. The van der Waals surface area contributed by atoms with Crippen LogP contribution in [-0.4, -0.2) is 25.2 Å². The summed E-state index contributed by atoms with van der Waals surface area (Å²) >= 11 is 0. The Morgan fingerprint density at radius 2 is 1.90 bits per heavy atom. The molecule has 1 heterocycles. The number of aryl methyl sites for hydroxylation is 1. The zero-order chi connectivity index (χ0) is 15.2. The summed E-state index contributed by atoms with van der Waals surface area (Å²) in [5.41, 5.74) is 9.55. The minimum atomic E-state index is 0.108. The van der Waals surface area contributed by atoms with Gasteiger partial charge in [-0.2, -0.15) is 0 Å². The summed E-state index contributed by atoms with van der Waals surface area (Å²) in [6.45, 7) is 5.65. The van der Waals surface area contributed by atoms with Gasteiger partial charge in [0.1, 0.15) is 0 Å². The maximum absolute atomic E-state index is 6.02. The molecule has 0 radical (unpaired) electrons. The fourth-order valence-electron chi connectivity index (χ4n) is 2.47. The van der Waals surface area contributed by atoms with Crippen LogP contribution in [0.15, 0.2) is 42.6 Å². The molecule has 0 amide bonds. The number of hydrogen-bond donors (Lipinski definition) is 1. The number of methoxy groups -OCH3 is 1. The molecule has 2 aromatic rings. The monoisotopic (exact) mass is 285 g/mol. The van der Waals surface area contributed by atoms with Crippen molar-refractivity contribution in [2.75, 3.05) is 25.1 Å². The van der Waals surface area contributed by atoms with Crippen molar-refractivity contribution < 1.29 is 4.74 Å². The van der Waals surface area contributed by atoms with Crippen molar-refractivity contribution >= 4 is 5.69 Å². The molecule has 0 aliphatic rings. The summed E-state index contributed by atoms with van der Waals surface area (Å²) in [5, 5.41) is 0. The van der Waals surface area contributed by atoms with Crippen LogP contribution in [0.1, 0.15) is 24.1 Å². The number of hydrogen-bond acceptors (Lipinski definition) is 4. The minimum absolute atomic E-state index is 0.108. The van der Waals surface area contributed by atoms with Gasteiger partial charge in [0, 0.05) is 31.0 Å². The zero-order valence-electron chi connectivity index (χ0n) is 12.9. The molecule has 1 aromatic heterocycles. The average Bonchev–Trinajstić information content (AvgIpc) is 2.54. The number of rotatable bonds is 6. The summed E-state index contributed by atoms with van der Waals surface area (Å²) in [4.78, 5) is 6.58. The first-order valence-electron chi connectivity index (χ1n) is 7.23. The third-order valence-corrected chi connectivity index (χ3v) is 3.66. The molecule has 0 aliphatic carbocycles. The lowest BCUT2D eigenvalue weighted by Crippen LogP contribution is -2.33. The topological polar surface area (TPSA) is 51.4 Å². The summed E-state index contributed by atoms with van der Waals surface area (Å²) in [6.07, 6.45) is 1.84. The summed E-state index contributed by atoms with van der Waals surface area (Å²) in [5.74, 6) is 0.618. The number of ether oxygens (including phenoxy) is 1. The molecule has 4 heteroatoms. The Hall–Kier alpha value is -2.07. The van der Waals surface area contributed by atoms with E-state index in [0.29, 0.717) is 12.4 Å². The van der Waals surface area contributed by atoms with E-state index in [4.69, 9.17) is 10.5 Å². The highest BCUT2D eigenvalue weighted by Crippen LogP contribution is 2.27. The Balaban J connectivity index is 2.29. The van der Waals surface area contributed by atoms with Crippen molar-refractivity contribution in [1.82, 2.24) is 4.98 Å². The molecule has 0 spiro atoms. The Morgan fingerprint density at radius 3 is 2.38 bits per heavy atom. The second-order valence-electron chi connectivity index (χ2n) is 5.01. The molecule has 21 heavy (non-hydrogen) atoms. The average molecular weight is 285 g/mol. The molecule has 2 N–H and O–H groups in total. The van der Waals surface area contributed by atoms with Crippen molar-refractivity contribution in [3.63, 3.8) is 0 Å². The van der Waals surface area contributed by atoms with Crippen LogP contribution in [-0.2, 0) is 0 Å². The summed E-state index contributed by atoms with van der Waals surface area (Å²) in [6, 6.07) is 12.5. The maximum Gasteiger partial charge on any atom is 0.212 e. The van der Waals surface area contributed by atoms with Crippen LogP contribution >= 0.6 is 0 Å². The van der Waals surface area contributed by atoms with E-state index in [1.54, 1.807) is 7.11 Å². The van der Waals surface area contributed by atoms with Gasteiger partial charge in [-0.05, 0) is 31.5 Å². The van der Waals surface area contributed by atoms with Crippen LogP contribution in [0, 0.1) is 6.92 Å². The fraction of sp³-hybridized carbons (Fsp3) is 0.353. The molecule has 1 atom stereocenters. The molecule has 0 bridgehead atoms. The maximum atomic E-state index is 6.02. The van der Waals surface area contributed by atoms with Crippen LogP contribution in [0.5, 0.6) is 5.88 Å². The lowest BCUT2D eigenvalue weighted by atomic mass is 10.1. The van der Waals surface area contributed by atoms with Gasteiger partial charge in [-0.25, -0.2) is 4.98 Å². The largest absolute Gasteiger partial charge is 0.481 e. The van der Waals surface area contributed by atoms with Crippen LogP contribution in [0.2, 0.25) is 0 Å². The van der Waals surface area contributed by atoms with Crippen molar-refractivity contribution in [3.05, 3.63) is 53.7 Å². The standard InChI is InChI=1S/C17H23N3O/c1-4-20(15-8-5-13(2)6-9-15)16(11-18)14-7-10-17(21-3)19-12-14/h5-10,12,16H,4,11,18H2,1-3H3. The number of aromatic nitrogens is 1. The van der Waals surface area contributed by atoms with Crippen molar-refractivity contribution in [2.45, 2.75) is 19.9 Å². The molecule has 2 rings (SSSR count). The molecule has 1 unspecified atom stereocenters. The highest BCUT2D eigenvalue weighted by atomic mass is 16.5. The number of anilines is 1. The van der Waals surface area contributed by atoms with Crippen LogP contribution in [0.25, 0.3) is 0 Å². The van der Waals surface area contributed by atoms with E-state index in [1.807, 2.05) is 18.3 Å². The molecular formula is C17H23N3O. The van der Waals surface area contributed by atoms with E-state index in [2.05, 4.69) is 48.0 Å². The van der Waals surface area contributed by atoms with Gasteiger partial charge in [-0.15, -0.1) is 0 Å². The second-order valence-corrected chi connectivity index (χ2v) is 5.01. The Bertz CT molecular complexity index is 551. The van der Waals surface area contributed by atoms with Crippen molar-refractivity contribution in [3.8, 4) is 5.88 Å². The Kier molecular flexibility index (Phi) is 5.17. The first-order chi connectivity index (χ1) is 10.2. The first-order valence-corrected chi connectivity index (χ1v) is 7.23. The van der Waals surface area contributed by atoms with Gasteiger partial charge in [0.15, 0.2) is 0 Å². The molecule has 112 valence electrons. The molecule has 0 fully saturated rings. The Morgan fingerprint density at radius 1 is 1.19 bits per heavy atom. The van der Waals surface area contributed by atoms with E-state index < -0.39 is 0 Å². The molecule has 1 aromatic carbocycles. The van der Waals surface area contributed by atoms with E-state index in [9.17, 15) is 0 Å². The number of benzene rings is 1. The van der Waals surface area contributed by atoms with Crippen molar-refractivity contribution in [2.24, 2.45) is 5.73 Å². The smallest absolute Gasteiger partial charge is 0.212 e. The number of nitrogens with zero attached hydrogens (tertiary/aromatic N) is 2. The van der Waals surface area contributed by atoms with Crippen LogP contribution < -0.4 is 15.4 Å². The van der Waals surface area contributed by atoms with Gasteiger partial charge in [-0.1, -0.05) is 23.8 Å². The van der Waals surface area contributed by atoms with Gasteiger partial charge >= 0.3 is 0 Å².